The van der Waals surface area contributed by atoms with Gasteiger partial charge in [0.05, 0.1) is 0 Å². The molecule has 0 unspecified atom stereocenters. The van der Waals surface area contributed by atoms with Gasteiger partial charge in [0, 0.05) is 0 Å². The van der Waals surface area contributed by atoms with Crippen molar-refractivity contribution >= 4 is 70.8 Å². The molecule has 0 saturated carbocycles. The second-order valence-corrected chi connectivity index (χ2v) is 18.9. The second kappa shape index (κ2) is 12.9. The van der Waals surface area contributed by atoms with Crippen LogP contribution in [0.15, 0.2) is 170 Å². The van der Waals surface area contributed by atoms with Crippen LogP contribution in [0.1, 0.15) is 0 Å². The van der Waals surface area contributed by atoms with E-state index in [4.69, 9.17) is 0 Å². The van der Waals surface area contributed by atoms with Gasteiger partial charge in [-0.25, -0.2) is 0 Å². The molecular weight excluding hydrogens is 579 g/mol. The van der Waals surface area contributed by atoms with Crippen LogP contribution in [0.3, 0.4) is 0 Å². The number of hydrogen-bond acceptors (Lipinski definition) is 0. The van der Waals surface area contributed by atoms with Crippen molar-refractivity contribution in [1.29, 1.82) is 0 Å². The monoisotopic (exact) mass is 611 g/mol. The Bertz CT molecular complexity index is 1450. The van der Waals surface area contributed by atoms with E-state index in [1.807, 2.05) is 0 Å². The van der Waals surface area contributed by atoms with E-state index >= 15 is 0 Å². The molecule has 40 heavy (non-hydrogen) atoms. The van der Waals surface area contributed by atoms with Crippen molar-refractivity contribution in [1.82, 2.24) is 0 Å². The summed E-state index contributed by atoms with van der Waals surface area (Å²) in [6, 6.07) is 63.0. The summed E-state index contributed by atoms with van der Waals surface area (Å²) >= 11 is -1.93. The zero-order valence-electron chi connectivity index (χ0n) is 22.6. The Balaban J connectivity index is 1.51. The van der Waals surface area contributed by atoms with Gasteiger partial charge < -0.3 is 0 Å². The molecule has 0 aromatic heterocycles. The molecule has 0 spiro atoms. The molecule has 1 radical (unpaired) electrons. The fraction of sp³-hybridized carbons (Fsp3) is 0.0270. The molecule has 193 valence electrons. The number of benzene rings is 6. The summed E-state index contributed by atoms with van der Waals surface area (Å²) in [5.74, 6) is 2.56. The molecule has 0 saturated heterocycles. The molecule has 0 heterocycles. The van der Waals surface area contributed by atoms with Crippen LogP contribution in [0.4, 0.5) is 0 Å². The van der Waals surface area contributed by atoms with Gasteiger partial charge in [0.15, 0.2) is 0 Å². The van der Waals surface area contributed by atoms with E-state index in [0.717, 1.165) is 0 Å². The van der Waals surface area contributed by atoms with Crippen LogP contribution < -0.4 is 40.6 Å². The maximum atomic E-state index is 2.56. The second-order valence-electron chi connectivity index (χ2n) is 9.67. The third-order valence-corrected chi connectivity index (χ3v) is 18.3. The topological polar surface area (TPSA) is 0 Å². The first-order chi connectivity index (χ1) is 19.8. The minimum atomic E-state index is -1.93. The van der Waals surface area contributed by atoms with Crippen molar-refractivity contribution < 1.29 is 0 Å². The van der Waals surface area contributed by atoms with Crippen LogP contribution >= 0.6 is 15.8 Å². The van der Waals surface area contributed by atoms with E-state index in [0.29, 0.717) is 0 Å². The van der Waals surface area contributed by atoms with Crippen LogP contribution in [-0.2, 0) is 0 Å². The van der Waals surface area contributed by atoms with E-state index in [-0.39, 0.29) is 0 Å². The molecule has 0 N–H and O–H groups in total. The first kappa shape index (κ1) is 26.9. The summed E-state index contributed by atoms with van der Waals surface area (Å²) < 4.78 is 3.15. The molecule has 0 bridgehead atoms. The quantitative estimate of drug-likeness (QED) is 0.159. The maximum absolute atomic E-state index is 2.56. The summed E-state index contributed by atoms with van der Waals surface area (Å²) in [7, 11) is -1.31. The molecule has 0 amide bonds. The third-order valence-electron chi connectivity index (χ3n) is 7.16. The van der Waals surface area contributed by atoms with Crippen molar-refractivity contribution in [2.45, 2.75) is 5.76 Å². The number of hydrogen-bond donors (Lipinski definition) is 0. The van der Waals surface area contributed by atoms with Crippen molar-refractivity contribution in [3.05, 3.63) is 170 Å². The molecule has 0 atom stereocenters. The summed E-state index contributed by atoms with van der Waals surface area (Å²) in [6.07, 6.45) is 0. The van der Waals surface area contributed by atoms with Crippen LogP contribution in [0.2, 0.25) is 5.76 Å². The molecule has 0 aliphatic rings. The summed E-state index contributed by atoms with van der Waals surface area (Å²) in [4.78, 5) is 0. The Hall–Kier alpha value is -3.28. The Morgan fingerprint density at radius 1 is 0.325 bits per heavy atom. The molecule has 0 aliphatic carbocycles. The standard InChI is InChI=1S/C37H31GeP2/c1-38(34-26-14-16-28-36(34)39(30-18-6-2-7-19-30)31-20-8-3-9-21-31)35-27-15-17-29-37(35)40(32-22-10-4-11-23-32)33-24-12-5-13-25-33/h2-29H,1H3. The van der Waals surface area contributed by atoms with Crippen molar-refractivity contribution in [2.75, 3.05) is 0 Å². The molecule has 6 rings (SSSR count). The predicted octanol–water partition coefficient (Wildman–Crippen LogP) is 5.44. The van der Waals surface area contributed by atoms with E-state index in [1.165, 1.54) is 31.8 Å². The van der Waals surface area contributed by atoms with Gasteiger partial charge in [0.1, 0.15) is 0 Å². The van der Waals surface area contributed by atoms with Gasteiger partial charge >= 0.3 is 246 Å². The predicted molar refractivity (Wildman–Crippen MR) is 181 cm³/mol. The van der Waals surface area contributed by atoms with E-state index < -0.39 is 30.2 Å². The molecule has 3 heteroatoms. The Morgan fingerprint density at radius 3 is 0.875 bits per heavy atom. The van der Waals surface area contributed by atoms with Crippen LogP contribution in [0.5, 0.6) is 0 Å². The molecule has 0 nitrogen and oxygen atoms in total. The SMILES string of the molecule is [CH3][Ge]([c]1ccccc1P(c1ccccc1)c1ccccc1)[c]1ccccc1P(c1ccccc1)c1ccccc1. The fourth-order valence-corrected chi connectivity index (χ4v) is 17.1. The summed E-state index contributed by atoms with van der Waals surface area (Å²) in [5.41, 5.74) is 0. The van der Waals surface area contributed by atoms with Gasteiger partial charge in [-0.1, -0.05) is 0 Å². The minimum absolute atomic E-state index is 0.655. The van der Waals surface area contributed by atoms with Gasteiger partial charge in [-0.2, -0.15) is 0 Å². The van der Waals surface area contributed by atoms with Gasteiger partial charge in [-0.05, 0) is 0 Å². The van der Waals surface area contributed by atoms with Gasteiger partial charge in [-0.15, -0.1) is 0 Å². The van der Waals surface area contributed by atoms with Crippen molar-refractivity contribution in [2.24, 2.45) is 0 Å². The Morgan fingerprint density at radius 2 is 0.575 bits per heavy atom. The summed E-state index contributed by atoms with van der Waals surface area (Å²) in [6.45, 7) is 0. The van der Waals surface area contributed by atoms with Gasteiger partial charge in [0.2, 0.25) is 0 Å². The van der Waals surface area contributed by atoms with Gasteiger partial charge in [-0.3, -0.25) is 0 Å². The van der Waals surface area contributed by atoms with E-state index in [9.17, 15) is 0 Å². The third kappa shape index (κ3) is 5.77. The van der Waals surface area contributed by atoms with Crippen LogP contribution in [-0.4, -0.2) is 14.3 Å². The van der Waals surface area contributed by atoms with E-state index in [2.05, 4.69) is 176 Å². The van der Waals surface area contributed by atoms with Crippen molar-refractivity contribution in [3.8, 4) is 0 Å². The van der Waals surface area contributed by atoms with Gasteiger partial charge in [0.25, 0.3) is 0 Å². The average Bonchev–Trinajstić information content (AvgIpc) is 3.04. The fourth-order valence-electron chi connectivity index (χ4n) is 5.28. The Kier molecular flexibility index (Phi) is 8.70. The van der Waals surface area contributed by atoms with Crippen LogP contribution in [0.25, 0.3) is 0 Å². The molecule has 6 aromatic carbocycles. The molecular formula is C37H31GeP2. The van der Waals surface area contributed by atoms with Crippen molar-refractivity contribution in [3.63, 3.8) is 0 Å². The first-order valence-corrected chi connectivity index (χ1v) is 20.5. The first-order valence-electron chi connectivity index (χ1n) is 13.6. The zero-order chi connectivity index (χ0) is 27.1. The molecule has 6 aromatic rings. The van der Waals surface area contributed by atoms with E-state index in [1.54, 1.807) is 8.79 Å². The average molecular weight is 610 g/mol. The Labute approximate surface area is 245 Å². The normalized spacial score (nSPS) is 11.3. The molecule has 0 aliphatic heterocycles. The number of rotatable bonds is 8. The summed E-state index contributed by atoms with van der Waals surface area (Å²) in [5, 5.41) is 8.65. The zero-order valence-corrected chi connectivity index (χ0v) is 26.4. The van der Waals surface area contributed by atoms with Crippen LogP contribution in [0, 0.1) is 0 Å². The molecule has 0 fully saturated rings.